The van der Waals surface area contributed by atoms with E-state index in [1.807, 2.05) is 0 Å². The van der Waals surface area contributed by atoms with Crippen molar-refractivity contribution < 1.29 is 18.7 Å². The van der Waals surface area contributed by atoms with Gasteiger partial charge in [0.1, 0.15) is 17.3 Å². The average Bonchev–Trinajstić information content (AvgIpc) is 2.50. The SMILES string of the molecule is COc1cc(OC)cc(C(=O)Nc2ccc(F)c(C)c2)c1. The number of carbonyl (C=O) groups excluding carboxylic acids is 1. The van der Waals surface area contributed by atoms with E-state index in [4.69, 9.17) is 9.47 Å². The van der Waals surface area contributed by atoms with Crippen LogP contribution < -0.4 is 14.8 Å². The predicted octanol–water partition coefficient (Wildman–Crippen LogP) is 3.40. The molecule has 1 amide bonds. The van der Waals surface area contributed by atoms with Crippen LogP contribution in [0.1, 0.15) is 15.9 Å². The number of halogens is 1. The van der Waals surface area contributed by atoms with Gasteiger partial charge in [-0.1, -0.05) is 0 Å². The highest BCUT2D eigenvalue weighted by Crippen LogP contribution is 2.23. The average molecular weight is 289 g/mol. The Labute approximate surface area is 122 Å². The number of aryl methyl sites for hydroxylation is 1. The summed E-state index contributed by atoms with van der Waals surface area (Å²) in [5.74, 6) is 0.416. The predicted molar refractivity (Wildman–Crippen MR) is 78.6 cm³/mol. The summed E-state index contributed by atoms with van der Waals surface area (Å²) in [6.45, 7) is 1.64. The van der Waals surface area contributed by atoms with Gasteiger partial charge >= 0.3 is 0 Å². The van der Waals surface area contributed by atoms with Gasteiger partial charge in [-0.2, -0.15) is 0 Å². The fourth-order valence-electron chi connectivity index (χ4n) is 1.86. The van der Waals surface area contributed by atoms with Crippen LogP contribution in [0.5, 0.6) is 11.5 Å². The van der Waals surface area contributed by atoms with Crippen molar-refractivity contribution in [3.05, 3.63) is 53.3 Å². The van der Waals surface area contributed by atoms with Crippen molar-refractivity contribution >= 4 is 11.6 Å². The lowest BCUT2D eigenvalue weighted by Crippen LogP contribution is -2.12. The van der Waals surface area contributed by atoms with Crippen molar-refractivity contribution in [2.24, 2.45) is 0 Å². The number of benzene rings is 2. The van der Waals surface area contributed by atoms with Gasteiger partial charge in [-0.25, -0.2) is 4.39 Å². The Hall–Kier alpha value is -2.56. The summed E-state index contributed by atoms with van der Waals surface area (Å²) in [5, 5.41) is 2.71. The van der Waals surface area contributed by atoms with Gasteiger partial charge < -0.3 is 14.8 Å². The third kappa shape index (κ3) is 3.51. The van der Waals surface area contributed by atoms with E-state index < -0.39 is 0 Å². The zero-order valence-electron chi connectivity index (χ0n) is 12.1. The van der Waals surface area contributed by atoms with Crippen molar-refractivity contribution in [1.82, 2.24) is 0 Å². The van der Waals surface area contributed by atoms with Crippen molar-refractivity contribution in [3.63, 3.8) is 0 Å². The van der Waals surface area contributed by atoms with E-state index in [1.165, 1.54) is 26.4 Å². The molecule has 110 valence electrons. The molecule has 0 atom stereocenters. The second-order valence-electron chi connectivity index (χ2n) is 4.52. The first-order chi connectivity index (χ1) is 10.0. The largest absolute Gasteiger partial charge is 0.497 e. The van der Waals surface area contributed by atoms with E-state index in [0.717, 1.165) is 0 Å². The molecule has 0 unspecified atom stereocenters. The lowest BCUT2D eigenvalue weighted by atomic mass is 10.1. The molecule has 1 N–H and O–H groups in total. The Morgan fingerprint density at radius 3 is 2.19 bits per heavy atom. The lowest BCUT2D eigenvalue weighted by molar-refractivity contribution is 0.102. The van der Waals surface area contributed by atoms with Crippen LogP contribution in [0, 0.1) is 12.7 Å². The Morgan fingerprint density at radius 2 is 1.67 bits per heavy atom. The molecule has 0 bridgehead atoms. The van der Waals surface area contributed by atoms with Gasteiger partial charge in [0.2, 0.25) is 0 Å². The van der Waals surface area contributed by atoms with Crippen molar-refractivity contribution in [2.75, 3.05) is 19.5 Å². The fourth-order valence-corrected chi connectivity index (χ4v) is 1.86. The van der Waals surface area contributed by atoms with E-state index in [-0.39, 0.29) is 11.7 Å². The Morgan fingerprint density at radius 1 is 1.05 bits per heavy atom. The lowest BCUT2D eigenvalue weighted by Gasteiger charge is -2.10. The van der Waals surface area contributed by atoms with Crippen molar-refractivity contribution in [2.45, 2.75) is 6.92 Å². The number of hydrogen-bond acceptors (Lipinski definition) is 3. The number of methoxy groups -OCH3 is 2. The van der Waals surface area contributed by atoms with Gasteiger partial charge in [0.15, 0.2) is 0 Å². The Balaban J connectivity index is 2.25. The molecule has 0 fully saturated rings. The molecule has 0 spiro atoms. The number of hydrogen-bond donors (Lipinski definition) is 1. The molecule has 0 aliphatic heterocycles. The summed E-state index contributed by atoms with van der Waals surface area (Å²) in [5.41, 5.74) is 1.39. The second kappa shape index (κ2) is 6.26. The summed E-state index contributed by atoms with van der Waals surface area (Å²) >= 11 is 0. The molecule has 21 heavy (non-hydrogen) atoms. The zero-order chi connectivity index (χ0) is 15.4. The smallest absolute Gasteiger partial charge is 0.255 e. The normalized spacial score (nSPS) is 10.1. The van der Waals surface area contributed by atoms with Gasteiger partial charge in [0, 0.05) is 17.3 Å². The van der Waals surface area contributed by atoms with Crippen LogP contribution in [0.25, 0.3) is 0 Å². The summed E-state index contributed by atoms with van der Waals surface area (Å²) < 4.78 is 23.5. The molecule has 0 saturated carbocycles. The number of anilines is 1. The molecular weight excluding hydrogens is 273 g/mol. The Kier molecular flexibility index (Phi) is 4.42. The molecule has 2 aromatic carbocycles. The van der Waals surface area contributed by atoms with Crippen LogP contribution in [-0.4, -0.2) is 20.1 Å². The van der Waals surface area contributed by atoms with E-state index in [2.05, 4.69) is 5.32 Å². The highest BCUT2D eigenvalue weighted by Gasteiger charge is 2.11. The number of nitrogens with one attached hydrogen (secondary N) is 1. The monoisotopic (exact) mass is 289 g/mol. The maximum atomic E-state index is 13.2. The number of ether oxygens (including phenoxy) is 2. The molecule has 0 radical (unpaired) electrons. The maximum absolute atomic E-state index is 13.2. The van der Waals surface area contributed by atoms with Gasteiger partial charge in [-0.05, 0) is 42.8 Å². The molecule has 0 aromatic heterocycles. The minimum atomic E-state index is -0.321. The second-order valence-corrected chi connectivity index (χ2v) is 4.52. The van der Waals surface area contributed by atoms with Crippen LogP contribution in [0.15, 0.2) is 36.4 Å². The molecular formula is C16H16FNO3. The summed E-state index contributed by atoms with van der Waals surface area (Å²) in [6, 6.07) is 9.29. The summed E-state index contributed by atoms with van der Waals surface area (Å²) in [6.07, 6.45) is 0. The molecule has 2 rings (SSSR count). The highest BCUT2D eigenvalue weighted by molar-refractivity contribution is 6.04. The van der Waals surface area contributed by atoms with Gasteiger partial charge in [-0.15, -0.1) is 0 Å². The quantitative estimate of drug-likeness (QED) is 0.938. The van der Waals surface area contributed by atoms with Gasteiger partial charge in [-0.3, -0.25) is 4.79 Å². The zero-order valence-corrected chi connectivity index (χ0v) is 12.1. The first kappa shape index (κ1) is 14.8. The van der Waals surface area contributed by atoms with Gasteiger partial charge in [0.25, 0.3) is 5.91 Å². The van der Waals surface area contributed by atoms with E-state index in [9.17, 15) is 9.18 Å². The molecule has 0 heterocycles. The Bertz CT molecular complexity index is 648. The molecule has 5 heteroatoms. The number of carbonyl (C=O) groups is 1. The molecule has 0 aliphatic rings. The van der Waals surface area contributed by atoms with Crippen molar-refractivity contribution in [1.29, 1.82) is 0 Å². The standard InChI is InChI=1S/C16H16FNO3/c1-10-6-12(4-5-15(10)17)18-16(19)11-7-13(20-2)9-14(8-11)21-3/h4-9H,1-3H3,(H,18,19). The molecule has 4 nitrogen and oxygen atoms in total. The maximum Gasteiger partial charge on any atom is 0.255 e. The van der Waals surface area contributed by atoms with Gasteiger partial charge in [0.05, 0.1) is 14.2 Å². The summed E-state index contributed by atoms with van der Waals surface area (Å²) in [4.78, 5) is 12.2. The molecule has 0 aliphatic carbocycles. The van der Waals surface area contributed by atoms with E-state index >= 15 is 0 Å². The minimum Gasteiger partial charge on any atom is -0.497 e. The molecule has 0 saturated heterocycles. The molecule has 2 aromatic rings. The van der Waals surface area contributed by atoms with Crippen LogP contribution in [0.4, 0.5) is 10.1 Å². The first-order valence-electron chi connectivity index (χ1n) is 6.34. The van der Waals surface area contributed by atoms with Crippen molar-refractivity contribution in [3.8, 4) is 11.5 Å². The van der Waals surface area contributed by atoms with Crippen LogP contribution in [0.3, 0.4) is 0 Å². The third-order valence-electron chi connectivity index (χ3n) is 3.03. The fraction of sp³-hybridized carbons (Fsp3) is 0.188. The van der Waals surface area contributed by atoms with Crippen LogP contribution in [-0.2, 0) is 0 Å². The highest BCUT2D eigenvalue weighted by atomic mass is 19.1. The third-order valence-corrected chi connectivity index (χ3v) is 3.03. The van der Waals surface area contributed by atoms with Crippen LogP contribution in [0.2, 0.25) is 0 Å². The first-order valence-corrected chi connectivity index (χ1v) is 6.34. The van der Waals surface area contributed by atoms with Crippen LogP contribution >= 0.6 is 0 Å². The minimum absolute atomic E-state index is 0.309. The summed E-state index contributed by atoms with van der Waals surface area (Å²) in [7, 11) is 3.03. The number of rotatable bonds is 4. The van der Waals surface area contributed by atoms with E-state index in [1.54, 1.807) is 31.2 Å². The van der Waals surface area contributed by atoms with E-state index in [0.29, 0.717) is 28.3 Å². The topological polar surface area (TPSA) is 47.6 Å². The number of amides is 1.